The minimum atomic E-state index is -0.149. The van der Waals surface area contributed by atoms with E-state index in [4.69, 9.17) is 0 Å². The average Bonchev–Trinajstić information content (AvgIpc) is 3.09. The molecule has 0 saturated heterocycles. The van der Waals surface area contributed by atoms with Crippen LogP contribution in [-0.4, -0.2) is 19.6 Å². The number of halogens is 1. The molecule has 3 heteroatoms. The fourth-order valence-electron chi connectivity index (χ4n) is 2.26. The van der Waals surface area contributed by atoms with Gasteiger partial charge in [0.25, 0.3) is 0 Å². The summed E-state index contributed by atoms with van der Waals surface area (Å²) in [5.74, 6) is 0.452. The maximum atomic E-state index is 13.4. The molecule has 0 radical (unpaired) electrons. The number of hydrogen-bond acceptors (Lipinski definition) is 2. The lowest BCUT2D eigenvalue weighted by molar-refractivity contribution is 0.613. The number of nitrogens with zero attached hydrogens (tertiary/aromatic N) is 1. The highest BCUT2D eigenvalue weighted by Crippen LogP contribution is 2.24. The van der Waals surface area contributed by atoms with Crippen LogP contribution in [0, 0.1) is 11.7 Å². The molecule has 0 spiro atoms. The predicted molar refractivity (Wildman–Crippen MR) is 74.4 cm³/mol. The van der Waals surface area contributed by atoms with Gasteiger partial charge in [0.2, 0.25) is 0 Å². The van der Waals surface area contributed by atoms with E-state index in [1.807, 2.05) is 6.07 Å². The first-order chi connectivity index (χ1) is 8.56. The maximum absolute atomic E-state index is 13.4. The minimum Gasteiger partial charge on any atom is -0.374 e. The van der Waals surface area contributed by atoms with Crippen LogP contribution in [0.2, 0.25) is 0 Å². The second-order valence-electron chi connectivity index (χ2n) is 5.70. The standard InChI is InChI=1S/C15H23FN2/c1-11(2)10-18(3)15-7-4-13(16)8-12(15)9-17-14-5-6-14/h4,7-8,11,14,17H,5-6,9-10H2,1-3H3. The molecule has 0 atom stereocenters. The largest absolute Gasteiger partial charge is 0.374 e. The van der Waals surface area contributed by atoms with Gasteiger partial charge in [0.15, 0.2) is 0 Å². The molecule has 0 aliphatic heterocycles. The van der Waals surface area contributed by atoms with Gasteiger partial charge in [0.05, 0.1) is 0 Å². The molecule has 1 aliphatic rings. The highest BCUT2D eigenvalue weighted by Gasteiger charge is 2.21. The summed E-state index contributed by atoms with van der Waals surface area (Å²) in [4.78, 5) is 2.22. The van der Waals surface area contributed by atoms with Crippen LogP contribution in [0.4, 0.5) is 10.1 Å². The molecule has 1 saturated carbocycles. The van der Waals surface area contributed by atoms with E-state index in [1.165, 1.54) is 12.8 Å². The number of benzene rings is 1. The van der Waals surface area contributed by atoms with Crippen LogP contribution in [0.5, 0.6) is 0 Å². The highest BCUT2D eigenvalue weighted by molar-refractivity contribution is 5.53. The Morgan fingerprint density at radius 3 is 2.72 bits per heavy atom. The smallest absolute Gasteiger partial charge is 0.123 e. The topological polar surface area (TPSA) is 15.3 Å². The quantitative estimate of drug-likeness (QED) is 0.834. The molecule has 2 rings (SSSR count). The van der Waals surface area contributed by atoms with Gasteiger partial charge < -0.3 is 10.2 Å². The van der Waals surface area contributed by atoms with Crippen molar-refractivity contribution in [2.75, 3.05) is 18.5 Å². The Bertz CT molecular complexity index is 399. The summed E-state index contributed by atoms with van der Waals surface area (Å²) < 4.78 is 13.4. The highest BCUT2D eigenvalue weighted by atomic mass is 19.1. The van der Waals surface area contributed by atoms with Crippen molar-refractivity contribution in [3.8, 4) is 0 Å². The van der Waals surface area contributed by atoms with Gasteiger partial charge in [-0.3, -0.25) is 0 Å². The van der Waals surface area contributed by atoms with Gasteiger partial charge in [-0.25, -0.2) is 4.39 Å². The van der Waals surface area contributed by atoms with E-state index in [0.29, 0.717) is 12.0 Å². The molecule has 0 heterocycles. The Morgan fingerprint density at radius 1 is 1.39 bits per heavy atom. The SMILES string of the molecule is CC(C)CN(C)c1ccc(F)cc1CNC1CC1. The molecule has 0 bridgehead atoms. The zero-order valence-electron chi connectivity index (χ0n) is 11.5. The maximum Gasteiger partial charge on any atom is 0.123 e. The molecule has 2 nitrogen and oxygen atoms in total. The Morgan fingerprint density at radius 2 is 2.11 bits per heavy atom. The molecule has 1 aromatic carbocycles. The Labute approximate surface area is 109 Å². The summed E-state index contributed by atoms with van der Waals surface area (Å²) >= 11 is 0. The van der Waals surface area contributed by atoms with Crippen LogP contribution in [0.1, 0.15) is 32.3 Å². The lowest BCUT2D eigenvalue weighted by Crippen LogP contribution is -2.25. The van der Waals surface area contributed by atoms with Crippen molar-refractivity contribution < 1.29 is 4.39 Å². The number of hydrogen-bond donors (Lipinski definition) is 1. The third-order valence-corrected chi connectivity index (χ3v) is 3.25. The first-order valence-electron chi connectivity index (χ1n) is 6.79. The monoisotopic (exact) mass is 250 g/mol. The first-order valence-corrected chi connectivity index (χ1v) is 6.79. The van der Waals surface area contributed by atoms with Crippen molar-refractivity contribution in [3.63, 3.8) is 0 Å². The Balaban J connectivity index is 2.10. The molecular weight excluding hydrogens is 227 g/mol. The Kier molecular flexibility index (Phi) is 4.23. The van der Waals surface area contributed by atoms with Gasteiger partial charge in [-0.05, 0) is 42.5 Å². The van der Waals surface area contributed by atoms with Crippen LogP contribution in [0.25, 0.3) is 0 Å². The van der Waals surface area contributed by atoms with Crippen LogP contribution in [0.15, 0.2) is 18.2 Å². The number of nitrogens with one attached hydrogen (secondary N) is 1. The second kappa shape index (κ2) is 5.70. The van der Waals surface area contributed by atoms with Gasteiger partial charge in [0.1, 0.15) is 5.82 Å². The Hall–Kier alpha value is -1.09. The summed E-state index contributed by atoms with van der Waals surface area (Å²) in [7, 11) is 2.08. The molecule has 100 valence electrons. The lowest BCUT2D eigenvalue weighted by atomic mass is 10.1. The van der Waals surface area contributed by atoms with Crippen LogP contribution < -0.4 is 10.2 Å². The number of anilines is 1. The first kappa shape index (κ1) is 13.3. The molecule has 1 N–H and O–H groups in total. The van der Waals surface area contributed by atoms with E-state index in [9.17, 15) is 4.39 Å². The van der Waals surface area contributed by atoms with Crippen molar-refractivity contribution in [1.82, 2.24) is 5.32 Å². The fraction of sp³-hybridized carbons (Fsp3) is 0.600. The van der Waals surface area contributed by atoms with E-state index in [0.717, 1.165) is 24.3 Å². The summed E-state index contributed by atoms with van der Waals surface area (Å²) in [6, 6.07) is 5.74. The van der Waals surface area contributed by atoms with Crippen molar-refractivity contribution in [2.24, 2.45) is 5.92 Å². The van der Waals surface area contributed by atoms with Gasteiger partial charge in [-0.1, -0.05) is 13.8 Å². The second-order valence-corrected chi connectivity index (χ2v) is 5.70. The molecule has 1 aromatic rings. The molecule has 0 amide bonds. The number of rotatable bonds is 6. The van der Waals surface area contributed by atoms with E-state index >= 15 is 0 Å². The van der Waals surface area contributed by atoms with Crippen LogP contribution >= 0.6 is 0 Å². The van der Waals surface area contributed by atoms with Gasteiger partial charge in [0, 0.05) is 31.9 Å². The van der Waals surface area contributed by atoms with Gasteiger partial charge in [-0.2, -0.15) is 0 Å². The van der Waals surface area contributed by atoms with E-state index in [2.05, 4.69) is 31.1 Å². The van der Waals surface area contributed by atoms with E-state index < -0.39 is 0 Å². The molecule has 1 fully saturated rings. The zero-order valence-corrected chi connectivity index (χ0v) is 11.5. The van der Waals surface area contributed by atoms with E-state index in [-0.39, 0.29) is 5.82 Å². The summed E-state index contributed by atoms with van der Waals surface area (Å²) in [5, 5.41) is 3.46. The summed E-state index contributed by atoms with van der Waals surface area (Å²) in [5.41, 5.74) is 2.20. The third kappa shape index (κ3) is 3.70. The molecule has 0 unspecified atom stereocenters. The average molecular weight is 250 g/mol. The van der Waals surface area contributed by atoms with Crippen LogP contribution in [-0.2, 0) is 6.54 Å². The fourth-order valence-corrected chi connectivity index (χ4v) is 2.26. The zero-order chi connectivity index (χ0) is 13.1. The normalized spacial score (nSPS) is 15.2. The van der Waals surface area contributed by atoms with Crippen molar-refractivity contribution in [3.05, 3.63) is 29.6 Å². The predicted octanol–water partition coefficient (Wildman–Crippen LogP) is 3.17. The van der Waals surface area contributed by atoms with Crippen molar-refractivity contribution in [1.29, 1.82) is 0 Å². The van der Waals surface area contributed by atoms with Gasteiger partial charge >= 0.3 is 0 Å². The molecule has 18 heavy (non-hydrogen) atoms. The van der Waals surface area contributed by atoms with Crippen LogP contribution in [0.3, 0.4) is 0 Å². The molecular formula is C15H23FN2. The minimum absolute atomic E-state index is 0.149. The molecule has 0 aromatic heterocycles. The lowest BCUT2D eigenvalue weighted by Gasteiger charge is -2.24. The summed E-state index contributed by atoms with van der Waals surface area (Å²) in [6.45, 7) is 6.15. The third-order valence-electron chi connectivity index (χ3n) is 3.25. The molecule has 1 aliphatic carbocycles. The van der Waals surface area contributed by atoms with Crippen molar-refractivity contribution >= 4 is 5.69 Å². The van der Waals surface area contributed by atoms with Crippen molar-refractivity contribution in [2.45, 2.75) is 39.3 Å². The van der Waals surface area contributed by atoms with E-state index in [1.54, 1.807) is 12.1 Å². The van der Waals surface area contributed by atoms with Gasteiger partial charge in [-0.15, -0.1) is 0 Å². The summed E-state index contributed by atoms with van der Waals surface area (Å²) in [6.07, 6.45) is 2.51.